The normalized spacial score (nSPS) is 19.8. The van der Waals surface area contributed by atoms with Gasteiger partial charge in [-0.25, -0.2) is 0 Å². The highest BCUT2D eigenvalue weighted by Gasteiger charge is 2.46. The second-order valence-corrected chi connectivity index (χ2v) is 5.47. The first-order valence-electron chi connectivity index (χ1n) is 6.07. The molecule has 1 saturated carbocycles. The number of aliphatic hydroxyl groups is 1. The maximum absolute atomic E-state index is 10.8. The predicted molar refractivity (Wildman–Crippen MR) is 67.1 cm³/mol. The summed E-state index contributed by atoms with van der Waals surface area (Å²) in [7, 11) is 0. The molecule has 0 radical (unpaired) electrons. The molecule has 16 heavy (non-hydrogen) atoms. The van der Waals surface area contributed by atoms with Crippen LogP contribution in [0.15, 0.2) is 10.7 Å². The third-order valence-corrected chi connectivity index (χ3v) is 4.01. The average molecular weight is 287 g/mol. The Bertz CT molecular complexity index is 373. The van der Waals surface area contributed by atoms with E-state index in [1.807, 2.05) is 11.6 Å². The minimum absolute atomic E-state index is 0.418. The van der Waals surface area contributed by atoms with Gasteiger partial charge in [0.25, 0.3) is 0 Å². The molecule has 1 aromatic heterocycles. The molecule has 1 N–H and O–H groups in total. The lowest BCUT2D eigenvalue weighted by Crippen LogP contribution is -2.31. The van der Waals surface area contributed by atoms with Crippen molar-refractivity contribution >= 4 is 15.9 Å². The molecule has 3 nitrogen and oxygen atoms in total. The third-order valence-electron chi connectivity index (χ3n) is 3.43. The number of hydrogen-bond donors (Lipinski definition) is 1. The minimum atomic E-state index is -0.690. The van der Waals surface area contributed by atoms with E-state index in [0.717, 1.165) is 42.4 Å². The van der Waals surface area contributed by atoms with E-state index in [0.29, 0.717) is 5.92 Å². The summed E-state index contributed by atoms with van der Waals surface area (Å²) in [5.41, 5.74) is 0.282. The Kier molecular flexibility index (Phi) is 3.40. The van der Waals surface area contributed by atoms with Crippen molar-refractivity contribution in [2.45, 2.75) is 51.7 Å². The van der Waals surface area contributed by atoms with E-state index >= 15 is 0 Å². The zero-order valence-electron chi connectivity index (χ0n) is 9.91. The Morgan fingerprint density at radius 2 is 2.25 bits per heavy atom. The minimum Gasteiger partial charge on any atom is -0.383 e. The van der Waals surface area contributed by atoms with Gasteiger partial charge in [-0.15, -0.1) is 0 Å². The summed E-state index contributed by atoms with van der Waals surface area (Å²) < 4.78 is 2.89. The van der Waals surface area contributed by atoms with Gasteiger partial charge in [0.15, 0.2) is 0 Å². The Balaban J connectivity index is 2.39. The van der Waals surface area contributed by atoms with Crippen LogP contribution in [0.3, 0.4) is 0 Å². The van der Waals surface area contributed by atoms with Crippen LogP contribution in [-0.2, 0) is 12.1 Å². The van der Waals surface area contributed by atoms with E-state index in [1.165, 1.54) is 0 Å². The van der Waals surface area contributed by atoms with Crippen LogP contribution in [0.5, 0.6) is 0 Å². The van der Waals surface area contributed by atoms with Crippen molar-refractivity contribution in [2.24, 2.45) is 5.92 Å². The van der Waals surface area contributed by atoms with Gasteiger partial charge in [0.1, 0.15) is 5.60 Å². The lowest BCUT2D eigenvalue weighted by Gasteiger charge is -2.28. The summed E-state index contributed by atoms with van der Waals surface area (Å²) in [6.07, 6.45) is 5.85. The molecule has 2 rings (SSSR count). The Morgan fingerprint density at radius 1 is 1.56 bits per heavy atom. The number of hydrogen-bond acceptors (Lipinski definition) is 2. The van der Waals surface area contributed by atoms with E-state index in [9.17, 15) is 5.11 Å². The Morgan fingerprint density at radius 3 is 2.75 bits per heavy atom. The molecule has 0 aliphatic heterocycles. The number of nitrogens with zero attached hydrogens (tertiary/aromatic N) is 2. The van der Waals surface area contributed by atoms with Gasteiger partial charge in [0.2, 0.25) is 0 Å². The van der Waals surface area contributed by atoms with E-state index < -0.39 is 5.60 Å². The number of rotatable bonds is 5. The van der Waals surface area contributed by atoms with Gasteiger partial charge < -0.3 is 5.11 Å². The van der Waals surface area contributed by atoms with Gasteiger partial charge in [0, 0.05) is 6.54 Å². The molecule has 0 bridgehead atoms. The summed E-state index contributed by atoms with van der Waals surface area (Å²) in [5.74, 6) is 0.418. The van der Waals surface area contributed by atoms with Crippen LogP contribution in [0.1, 0.15) is 45.2 Å². The zero-order chi connectivity index (χ0) is 11.8. The topological polar surface area (TPSA) is 38.0 Å². The predicted octanol–water partition coefficient (Wildman–Crippen LogP) is 3.06. The maximum Gasteiger partial charge on any atom is 0.110 e. The van der Waals surface area contributed by atoms with E-state index in [2.05, 4.69) is 28.0 Å². The van der Waals surface area contributed by atoms with Crippen molar-refractivity contribution < 1.29 is 5.11 Å². The van der Waals surface area contributed by atoms with E-state index in [-0.39, 0.29) is 0 Å². The molecule has 1 heterocycles. The fourth-order valence-corrected chi connectivity index (χ4v) is 3.02. The van der Waals surface area contributed by atoms with Crippen LogP contribution < -0.4 is 0 Å². The van der Waals surface area contributed by atoms with Crippen LogP contribution >= 0.6 is 15.9 Å². The molecule has 90 valence electrons. The first-order valence-corrected chi connectivity index (χ1v) is 6.87. The number of aryl methyl sites for hydroxylation is 1. The molecule has 0 aromatic carbocycles. The summed E-state index contributed by atoms with van der Waals surface area (Å²) >= 11 is 3.52. The molecule has 0 saturated heterocycles. The van der Waals surface area contributed by atoms with Gasteiger partial charge in [-0.1, -0.05) is 13.8 Å². The van der Waals surface area contributed by atoms with Crippen molar-refractivity contribution in [3.8, 4) is 0 Å². The third kappa shape index (κ3) is 1.93. The molecular formula is C12H19BrN2O. The van der Waals surface area contributed by atoms with Crippen LogP contribution in [0.25, 0.3) is 0 Å². The highest BCUT2D eigenvalue weighted by molar-refractivity contribution is 9.10. The molecule has 1 aromatic rings. The van der Waals surface area contributed by atoms with Crippen molar-refractivity contribution in [3.63, 3.8) is 0 Å². The molecule has 1 aliphatic carbocycles. The quantitative estimate of drug-likeness (QED) is 0.903. The van der Waals surface area contributed by atoms with Crippen LogP contribution in [-0.4, -0.2) is 14.9 Å². The van der Waals surface area contributed by atoms with E-state index in [4.69, 9.17) is 0 Å². The lowest BCUT2D eigenvalue weighted by atomic mass is 9.90. The van der Waals surface area contributed by atoms with Crippen molar-refractivity contribution in [1.29, 1.82) is 0 Å². The van der Waals surface area contributed by atoms with Gasteiger partial charge >= 0.3 is 0 Å². The second-order valence-electron chi connectivity index (χ2n) is 4.62. The lowest BCUT2D eigenvalue weighted by molar-refractivity contribution is -0.000592. The summed E-state index contributed by atoms with van der Waals surface area (Å²) in [6.45, 7) is 5.05. The SMILES string of the molecule is CCCn1ncc(Br)c1C(O)(CC)C1CC1. The van der Waals surface area contributed by atoms with Crippen LogP contribution in [0.4, 0.5) is 0 Å². The smallest absolute Gasteiger partial charge is 0.110 e. The molecule has 0 spiro atoms. The van der Waals surface area contributed by atoms with Crippen LogP contribution in [0.2, 0.25) is 0 Å². The molecule has 1 fully saturated rings. The second kappa shape index (κ2) is 4.49. The largest absolute Gasteiger partial charge is 0.383 e. The summed E-state index contributed by atoms with van der Waals surface area (Å²) in [6, 6.07) is 0. The number of halogens is 1. The average Bonchev–Trinajstić information content (AvgIpc) is 3.05. The molecule has 1 aliphatic rings. The fourth-order valence-electron chi connectivity index (χ4n) is 2.38. The fraction of sp³-hybridized carbons (Fsp3) is 0.750. The first-order chi connectivity index (χ1) is 7.63. The van der Waals surface area contributed by atoms with Gasteiger partial charge in [0.05, 0.1) is 16.4 Å². The molecular weight excluding hydrogens is 268 g/mol. The summed E-state index contributed by atoms with van der Waals surface area (Å²) in [4.78, 5) is 0. The molecule has 1 unspecified atom stereocenters. The maximum atomic E-state index is 10.8. The standard InChI is InChI=1S/C12H19BrN2O/c1-3-7-15-11(10(13)8-14-15)12(16,4-2)9-5-6-9/h8-9,16H,3-7H2,1-2H3. The summed E-state index contributed by atoms with van der Waals surface area (Å²) in [5, 5.41) is 15.2. The van der Waals surface area contributed by atoms with Crippen molar-refractivity contribution in [1.82, 2.24) is 9.78 Å². The highest BCUT2D eigenvalue weighted by Crippen LogP contribution is 2.49. The molecule has 1 atom stereocenters. The zero-order valence-corrected chi connectivity index (χ0v) is 11.5. The van der Waals surface area contributed by atoms with Gasteiger partial charge in [-0.05, 0) is 47.5 Å². The Labute approximate surface area is 105 Å². The molecule has 4 heteroatoms. The first kappa shape index (κ1) is 12.1. The van der Waals surface area contributed by atoms with Crippen LogP contribution in [0, 0.1) is 5.92 Å². The number of aromatic nitrogens is 2. The van der Waals surface area contributed by atoms with Gasteiger partial charge in [-0.2, -0.15) is 5.10 Å². The van der Waals surface area contributed by atoms with Crippen molar-refractivity contribution in [3.05, 3.63) is 16.4 Å². The highest BCUT2D eigenvalue weighted by atomic mass is 79.9. The molecule has 0 amide bonds. The van der Waals surface area contributed by atoms with E-state index in [1.54, 1.807) is 6.20 Å². The van der Waals surface area contributed by atoms with Gasteiger partial charge in [-0.3, -0.25) is 4.68 Å². The Hall–Kier alpha value is -0.350. The van der Waals surface area contributed by atoms with Crippen molar-refractivity contribution in [2.75, 3.05) is 0 Å². The monoisotopic (exact) mass is 286 g/mol.